The monoisotopic (exact) mass is 529 g/mol. The number of anilines is 1. The van der Waals surface area contributed by atoms with Crippen molar-refractivity contribution >= 4 is 41.1 Å². The lowest BCUT2D eigenvalue weighted by molar-refractivity contribution is -0.117. The zero-order chi connectivity index (χ0) is 24.8. The fourth-order valence-electron chi connectivity index (χ4n) is 4.03. The Bertz CT molecular complexity index is 1190. The number of ketones is 1. The number of hydrogen-bond acceptors (Lipinski definition) is 8. The van der Waals surface area contributed by atoms with Crippen LogP contribution in [0.15, 0.2) is 42.5 Å². The van der Waals surface area contributed by atoms with Crippen molar-refractivity contribution in [3.63, 3.8) is 0 Å². The molecule has 3 aromatic rings. The first-order valence-corrected chi connectivity index (χ1v) is 12.5. The highest BCUT2D eigenvalue weighted by atomic mass is 35.5. The van der Waals surface area contributed by atoms with Gasteiger partial charge in [0.05, 0.1) is 19.6 Å². The third kappa shape index (κ3) is 7.18. The number of aryl methyl sites for hydroxylation is 1. The number of benzene rings is 2. The van der Waals surface area contributed by atoms with Crippen LogP contribution in [-0.2, 0) is 22.6 Å². The Morgan fingerprint density at radius 1 is 1.08 bits per heavy atom. The molecule has 1 fully saturated rings. The second-order valence-corrected chi connectivity index (χ2v) is 9.91. The molecule has 0 atom stereocenters. The first-order valence-electron chi connectivity index (χ1n) is 11.7. The number of rotatable bonds is 9. The smallest absolute Gasteiger partial charge is 0.238 e. The number of ether oxygens (including phenoxy) is 1. The number of nitrogens with zero attached hydrogens (tertiary/aromatic N) is 4. The van der Waals surface area contributed by atoms with Gasteiger partial charge in [-0.3, -0.25) is 14.5 Å². The third-order valence-corrected chi connectivity index (χ3v) is 7.08. The van der Waals surface area contributed by atoms with E-state index in [0.29, 0.717) is 29.4 Å². The number of amides is 1. The van der Waals surface area contributed by atoms with Crippen molar-refractivity contribution in [2.24, 2.45) is 0 Å². The van der Waals surface area contributed by atoms with Crippen molar-refractivity contribution in [1.29, 1.82) is 0 Å². The minimum atomic E-state index is -0.0940. The molecular weight excluding hydrogens is 498 g/mol. The van der Waals surface area contributed by atoms with Gasteiger partial charge in [-0.25, -0.2) is 0 Å². The van der Waals surface area contributed by atoms with Crippen molar-refractivity contribution in [3.05, 3.63) is 64.2 Å². The number of nitrogens with one attached hydrogen (secondary N) is 1. The third-order valence-electron chi connectivity index (χ3n) is 6.12. The zero-order valence-electron chi connectivity index (χ0n) is 20.8. The van der Waals surface area contributed by atoms with Crippen LogP contribution in [0.1, 0.15) is 26.5 Å². The van der Waals surface area contributed by atoms with Gasteiger partial charge < -0.3 is 15.0 Å². The lowest BCUT2D eigenvalue weighted by Crippen LogP contribution is -2.47. The molecule has 0 radical (unpaired) electrons. The van der Waals surface area contributed by atoms with E-state index in [2.05, 4.69) is 32.4 Å². The van der Waals surface area contributed by atoms with Crippen LogP contribution in [-0.4, -0.2) is 78.6 Å². The Balaban J connectivity index is 0.00000361. The number of carbonyl (C=O) groups excluding carboxylic acids is 2. The van der Waals surface area contributed by atoms with Gasteiger partial charge in [-0.2, -0.15) is 0 Å². The summed E-state index contributed by atoms with van der Waals surface area (Å²) < 4.78 is 5.29. The molecule has 1 N–H and O–H groups in total. The SMILES string of the molecule is COCc1ccc(C(=O)Cc2nnc(-c3ccccc3C)s2)cc1NC(=O)CN1CCN(C)CC1.Cl. The number of likely N-dealkylation sites (N-methyl/N-ethyl adjacent to an activating group) is 1. The largest absolute Gasteiger partial charge is 0.380 e. The fourth-order valence-corrected chi connectivity index (χ4v) is 4.96. The maximum absolute atomic E-state index is 13.1. The van der Waals surface area contributed by atoms with E-state index in [4.69, 9.17) is 4.74 Å². The summed E-state index contributed by atoms with van der Waals surface area (Å²) in [4.78, 5) is 30.2. The molecule has 1 aliphatic rings. The Labute approximate surface area is 222 Å². The highest BCUT2D eigenvalue weighted by Gasteiger charge is 2.19. The summed E-state index contributed by atoms with van der Waals surface area (Å²) in [6.45, 7) is 6.31. The molecule has 0 spiro atoms. The summed E-state index contributed by atoms with van der Waals surface area (Å²) in [6.07, 6.45) is 0.155. The van der Waals surface area contributed by atoms with Crippen LogP contribution in [0.5, 0.6) is 0 Å². The molecule has 2 heterocycles. The van der Waals surface area contributed by atoms with E-state index in [1.165, 1.54) is 11.3 Å². The van der Waals surface area contributed by atoms with Crippen molar-refractivity contribution in [2.75, 3.05) is 52.2 Å². The van der Waals surface area contributed by atoms with Gasteiger partial charge in [0, 0.05) is 55.7 Å². The minimum absolute atomic E-state index is 0. The number of methoxy groups -OCH3 is 1. The van der Waals surface area contributed by atoms with Gasteiger partial charge in [0.1, 0.15) is 10.0 Å². The molecule has 1 aromatic heterocycles. The van der Waals surface area contributed by atoms with E-state index >= 15 is 0 Å². The summed E-state index contributed by atoms with van der Waals surface area (Å²) >= 11 is 1.43. The number of hydrogen-bond donors (Lipinski definition) is 1. The molecular formula is C26H32ClN5O3S. The van der Waals surface area contributed by atoms with Gasteiger partial charge in [-0.05, 0) is 25.6 Å². The summed E-state index contributed by atoms with van der Waals surface area (Å²) in [5, 5.41) is 13.0. The molecule has 1 aliphatic heterocycles. The quantitative estimate of drug-likeness (QED) is 0.423. The van der Waals surface area contributed by atoms with E-state index in [0.717, 1.165) is 47.9 Å². The van der Waals surface area contributed by atoms with Crippen LogP contribution >= 0.6 is 23.7 Å². The van der Waals surface area contributed by atoms with Crippen molar-refractivity contribution in [2.45, 2.75) is 20.0 Å². The van der Waals surface area contributed by atoms with Crippen LogP contribution in [0.4, 0.5) is 5.69 Å². The number of carbonyl (C=O) groups is 2. The second kappa shape index (κ2) is 13.0. The summed E-state index contributed by atoms with van der Waals surface area (Å²) in [7, 11) is 3.69. The molecule has 8 nitrogen and oxygen atoms in total. The van der Waals surface area contributed by atoms with Crippen LogP contribution in [0.2, 0.25) is 0 Å². The molecule has 192 valence electrons. The van der Waals surface area contributed by atoms with Gasteiger partial charge in [0.2, 0.25) is 5.91 Å². The maximum atomic E-state index is 13.1. The lowest BCUT2D eigenvalue weighted by Gasteiger charge is -2.31. The highest BCUT2D eigenvalue weighted by molar-refractivity contribution is 7.14. The van der Waals surface area contributed by atoms with E-state index < -0.39 is 0 Å². The van der Waals surface area contributed by atoms with Crippen molar-refractivity contribution in [1.82, 2.24) is 20.0 Å². The number of piperazine rings is 1. The van der Waals surface area contributed by atoms with Gasteiger partial charge in [0.15, 0.2) is 5.78 Å². The number of aromatic nitrogens is 2. The highest BCUT2D eigenvalue weighted by Crippen LogP contribution is 2.27. The Hall–Kier alpha value is -2.69. The van der Waals surface area contributed by atoms with E-state index in [9.17, 15) is 9.59 Å². The molecule has 10 heteroatoms. The zero-order valence-corrected chi connectivity index (χ0v) is 22.5. The summed E-state index contributed by atoms with van der Waals surface area (Å²) in [5.74, 6) is -0.167. The van der Waals surface area contributed by atoms with Gasteiger partial charge in [0.25, 0.3) is 0 Å². The van der Waals surface area contributed by atoms with E-state index in [1.54, 1.807) is 19.2 Å². The molecule has 1 amide bonds. The summed E-state index contributed by atoms with van der Waals surface area (Å²) in [5.41, 5.74) is 4.10. The van der Waals surface area contributed by atoms with Crippen LogP contribution in [0.3, 0.4) is 0 Å². The first-order chi connectivity index (χ1) is 16.9. The molecule has 4 rings (SSSR count). The maximum Gasteiger partial charge on any atom is 0.238 e. The van der Waals surface area contributed by atoms with Crippen molar-refractivity contribution < 1.29 is 14.3 Å². The number of halogens is 1. The molecule has 2 aromatic carbocycles. The van der Waals surface area contributed by atoms with Crippen LogP contribution < -0.4 is 5.32 Å². The molecule has 1 saturated heterocycles. The average molecular weight is 530 g/mol. The Morgan fingerprint density at radius 2 is 1.83 bits per heavy atom. The molecule has 0 unspecified atom stereocenters. The van der Waals surface area contributed by atoms with E-state index in [1.807, 2.05) is 37.3 Å². The standard InChI is InChI=1S/C26H31N5O3S.ClH/c1-18-6-4-5-7-21(18)26-29-28-25(35-26)15-23(32)19-8-9-20(17-34-3)22(14-19)27-24(33)16-31-12-10-30(2)11-13-31;/h4-9,14H,10-13,15-17H2,1-3H3,(H,27,33);1H. The summed E-state index contributed by atoms with van der Waals surface area (Å²) in [6, 6.07) is 13.3. The lowest BCUT2D eigenvalue weighted by atomic mass is 10.0. The normalized spacial score (nSPS) is 14.3. The van der Waals surface area contributed by atoms with Crippen molar-refractivity contribution in [3.8, 4) is 10.6 Å². The predicted octanol–water partition coefficient (Wildman–Crippen LogP) is 3.69. The van der Waals surface area contributed by atoms with Gasteiger partial charge in [-0.15, -0.1) is 22.6 Å². The second-order valence-electron chi connectivity index (χ2n) is 8.85. The van der Waals surface area contributed by atoms with Gasteiger partial charge >= 0.3 is 0 Å². The van der Waals surface area contributed by atoms with E-state index in [-0.39, 0.29) is 30.5 Å². The Morgan fingerprint density at radius 3 is 2.56 bits per heavy atom. The molecule has 0 saturated carbocycles. The predicted molar refractivity (Wildman–Crippen MR) is 145 cm³/mol. The number of Topliss-reactive ketones (excluding diaryl/α,β-unsaturated/α-hetero) is 1. The Kier molecular flexibility index (Phi) is 10.1. The van der Waals surface area contributed by atoms with Crippen LogP contribution in [0, 0.1) is 6.92 Å². The first kappa shape index (κ1) is 27.9. The topological polar surface area (TPSA) is 87.7 Å². The minimum Gasteiger partial charge on any atom is -0.380 e. The van der Waals surface area contributed by atoms with Gasteiger partial charge in [-0.1, -0.05) is 47.7 Å². The van der Waals surface area contributed by atoms with Crippen LogP contribution in [0.25, 0.3) is 10.6 Å². The molecule has 0 bridgehead atoms. The average Bonchev–Trinajstić information content (AvgIpc) is 3.30. The fraction of sp³-hybridized carbons (Fsp3) is 0.385. The molecule has 36 heavy (non-hydrogen) atoms. The molecule has 0 aliphatic carbocycles.